The zero-order valence-electron chi connectivity index (χ0n) is 11.3. The molecule has 0 saturated heterocycles. The van der Waals surface area contributed by atoms with Crippen LogP contribution in [-0.4, -0.2) is 24.3 Å². The van der Waals surface area contributed by atoms with Crippen molar-refractivity contribution in [2.45, 2.75) is 12.2 Å². The van der Waals surface area contributed by atoms with Gasteiger partial charge in [0, 0.05) is 17.5 Å². The van der Waals surface area contributed by atoms with Gasteiger partial charge >= 0.3 is 6.18 Å². The van der Waals surface area contributed by atoms with Crippen molar-refractivity contribution in [2.75, 3.05) is 4.90 Å². The van der Waals surface area contributed by atoms with Crippen molar-refractivity contribution in [1.29, 1.82) is 0 Å². The van der Waals surface area contributed by atoms with Crippen molar-refractivity contribution < 1.29 is 18.0 Å². The van der Waals surface area contributed by atoms with Crippen LogP contribution in [0.3, 0.4) is 0 Å². The van der Waals surface area contributed by atoms with Crippen LogP contribution in [0.25, 0.3) is 0 Å². The third kappa shape index (κ3) is 2.47. The highest BCUT2D eigenvalue weighted by molar-refractivity contribution is 6.10. The summed E-state index contributed by atoms with van der Waals surface area (Å²) >= 11 is 0. The third-order valence-corrected chi connectivity index (χ3v) is 3.32. The summed E-state index contributed by atoms with van der Waals surface area (Å²) in [6.07, 6.45) is -3.63. The van der Waals surface area contributed by atoms with Gasteiger partial charge in [-0.15, -0.1) is 0 Å². The van der Waals surface area contributed by atoms with Gasteiger partial charge in [-0.2, -0.15) is 13.2 Å². The van der Waals surface area contributed by atoms with Crippen molar-refractivity contribution in [3.05, 3.63) is 60.2 Å². The van der Waals surface area contributed by atoms with E-state index in [-0.39, 0.29) is 0 Å². The van der Waals surface area contributed by atoms with Gasteiger partial charge in [-0.3, -0.25) is 14.7 Å². The molecule has 0 spiro atoms. The molecule has 6 heteroatoms. The molecule has 1 unspecified atom stereocenters. The van der Waals surface area contributed by atoms with Crippen LogP contribution in [0.2, 0.25) is 0 Å². The summed E-state index contributed by atoms with van der Waals surface area (Å²) in [5.41, 5.74) is 1.22. The molecule has 2 aromatic rings. The van der Waals surface area contributed by atoms with E-state index in [9.17, 15) is 18.0 Å². The second-order valence-electron chi connectivity index (χ2n) is 4.79. The molecule has 0 radical (unpaired) electrons. The minimum absolute atomic E-state index is 0.375. The molecule has 1 amide bonds. The molecule has 0 N–H and O–H groups in total. The number of anilines is 2. The fourth-order valence-electron chi connectivity index (χ4n) is 2.33. The number of amides is 1. The van der Waals surface area contributed by atoms with Crippen molar-refractivity contribution in [1.82, 2.24) is 0 Å². The summed E-state index contributed by atoms with van der Waals surface area (Å²) in [7, 11) is 0. The molecule has 0 fully saturated rings. The fraction of sp³-hybridized carbons (Fsp3) is 0.125. The number of hydrogen-bond acceptors (Lipinski definition) is 2. The Bertz CT molecular complexity index is 726. The van der Waals surface area contributed by atoms with E-state index >= 15 is 0 Å². The Morgan fingerprint density at radius 1 is 0.955 bits per heavy atom. The number of fused-ring (bicyclic) bond motifs is 1. The number of benzodiazepines with no additional fused rings is 1. The quantitative estimate of drug-likeness (QED) is 0.790. The van der Waals surface area contributed by atoms with Crippen LogP contribution < -0.4 is 4.90 Å². The van der Waals surface area contributed by atoms with Crippen LogP contribution in [-0.2, 0) is 4.79 Å². The van der Waals surface area contributed by atoms with Gasteiger partial charge in [0.15, 0.2) is 0 Å². The number of carbonyl (C=O) groups is 1. The van der Waals surface area contributed by atoms with Gasteiger partial charge in [-0.05, 0) is 18.2 Å². The molecule has 112 valence electrons. The van der Waals surface area contributed by atoms with Crippen molar-refractivity contribution in [3.8, 4) is 0 Å². The summed E-state index contributed by atoms with van der Waals surface area (Å²) in [5.74, 6) is -1.11. The zero-order valence-corrected chi connectivity index (χ0v) is 11.3. The minimum atomic E-state index is -4.73. The molecule has 1 atom stereocenters. The highest BCUT2D eigenvalue weighted by Crippen LogP contribution is 2.35. The normalized spacial score (nSPS) is 18.0. The molecule has 3 nitrogen and oxygen atoms in total. The smallest absolute Gasteiger partial charge is 0.278 e. The summed E-state index contributed by atoms with van der Waals surface area (Å²) in [5, 5.41) is 0. The van der Waals surface area contributed by atoms with Crippen LogP contribution in [0, 0.1) is 0 Å². The van der Waals surface area contributed by atoms with E-state index in [1.807, 2.05) is 0 Å². The second kappa shape index (κ2) is 5.29. The number of aliphatic imine (C=N–C) groups is 1. The SMILES string of the molecule is O=C1C(C(F)(F)F)N=Cc2ccccc2N1c1ccccc1. The first kappa shape index (κ1) is 14.3. The average Bonchev–Trinajstić information content (AvgIpc) is 2.63. The lowest BCUT2D eigenvalue weighted by molar-refractivity contribution is -0.159. The van der Waals surface area contributed by atoms with Crippen molar-refractivity contribution in [3.63, 3.8) is 0 Å². The van der Waals surface area contributed by atoms with E-state index in [1.165, 1.54) is 0 Å². The standard InChI is InChI=1S/C16H11F3N2O/c17-16(18,19)14-15(22)21(12-7-2-1-3-8-12)13-9-5-4-6-11(13)10-20-14/h1-10,14H. The summed E-state index contributed by atoms with van der Waals surface area (Å²) in [4.78, 5) is 17.0. The Balaban J connectivity index is 2.19. The Hall–Kier alpha value is -2.63. The number of hydrogen-bond donors (Lipinski definition) is 0. The maximum atomic E-state index is 13.1. The summed E-state index contributed by atoms with van der Waals surface area (Å²) in [6, 6.07) is 12.4. The molecular weight excluding hydrogens is 293 g/mol. The first-order valence-electron chi connectivity index (χ1n) is 6.56. The van der Waals surface area contributed by atoms with Gasteiger partial charge in [-0.25, -0.2) is 0 Å². The zero-order chi connectivity index (χ0) is 15.7. The second-order valence-corrected chi connectivity index (χ2v) is 4.79. The minimum Gasteiger partial charge on any atom is -0.278 e. The van der Waals surface area contributed by atoms with E-state index in [0.717, 1.165) is 11.1 Å². The number of nitrogens with zero attached hydrogens (tertiary/aromatic N) is 2. The van der Waals surface area contributed by atoms with Gasteiger partial charge in [0.05, 0.1) is 5.69 Å². The van der Waals surface area contributed by atoms with E-state index in [2.05, 4.69) is 4.99 Å². The number of alkyl halides is 3. The lowest BCUT2D eigenvalue weighted by Gasteiger charge is -2.26. The van der Waals surface area contributed by atoms with Crippen LogP contribution in [0.15, 0.2) is 59.6 Å². The number of rotatable bonds is 1. The van der Waals surface area contributed by atoms with Gasteiger partial charge in [0.25, 0.3) is 5.91 Å². The predicted molar refractivity (Wildman–Crippen MR) is 77.5 cm³/mol. The maximum Gasteiger partial charge on any atom is 0.419 e. The largest absolute Gasteiger partial charge is 0.419 e. The van der Waals surface area contributed by atoms with Gasteiger partial charge in [0.1, 0.15) is 0 Å². The Morgan fingerprint density at radius 2 is 1.59 bits per heavy atom. The van der Waals surface area contributed by atoms with Crippen molar-refractivity contribution in [2.24, 2.45) is 4.99 Å². The summed E-state index contributed by atoms with van der Waals surface area (Å²) < 4.78 is 39.4. The molecule has 0 aromatic heterocycles. The topological polar surface area (TPSA) is 32.7 Å². The number of benzene rings is 2. The van der Waals surface area contributed by atoms with Gasteiger partial charge in [-0.1, -0.05) is 36.4 Å². The van der Waals surface area contributed by atoms with Crippen LogP contribution in [0.4, 0.5) is 24.5 Å². The highest BCUT2D eigenvalue weighted by atomic mass is 19.4. The Kier molecular flexibility index (Phi) is 3.44. The Morgan fingerprint density at radius 3 is 2.27 bits per heavy atom. The number of carbonyl (C=O) groups excluding carboxylic acids is 1. The number of para-hydroxylation sites is 2. The molecule has 22 heavy (non-hydrogen) atoms. The molecule has 0 aliphatic carbocycles. The van der Waals surface area contributed by atoms with Gasteiger partial charge in [0.2, 0.25) is 6.04 Å². The van der Waals surface area contributed by atoms with Crippen LogP contribution >= 0.6 is 0 Å². The molecule has 1 heterocycles. The van der Waals surface area contributed by atoms with Crippen molar-refractivity contribution >= 4 is 23.5 Å². The lowest BCUT2D eigenvalue weighted by atomic mass is 10.1. The molecule has 2 aromatic carbocycles. The highest BCUT2D eigenvalue weighted by Gasteiger charge is 2.48. The molecule has 1 aliphatic rings. The van der Waals surface area contributed by atoms with Crippen LogP contribution in [0.5, 0.6) is 0 Å². The average molecular weight is 304 g/mol. The maximum absolute atomic E-state index is 13.1. The fourth-order valence-corrected chi connectivity index (χ4v) is 2.33. The van der Waals surface area contributed by atoms with E-state index in [0.29, 0.717) is 16.9 Å². The van der Waals surface area contributed by atoms with Crippen LogP contribution in [0.1, 0.15) is 5.56 Å². The first-order chi connectivity index (χ1) is 10.5. The monoisotopic (exact) mass is 304 g/mol. The molecule has 0 saturated carbocycles. The molecule has 3 rings (SSSR count). The van der Waals surface area contributed by atoms with Gasteiger partial charge < -0.3 is 0 Å². The molecular formula is C16H11F3N2O. The van der Waals surface area contributed by atoms with E-state index in [1.54, 1.807) is 54.6 Å². The molecule has 0 bridgehead atoms. The van der Waals surface area contributed by atoms with E-state index < -0.39 is 18.1 Å². The predicted octanol–water partition coefficient (Wildman–Crippen LogP) is 3.71. The Labute approximate surface area is 124 Å². The third-order valence-electron chi connectivity index (χ3n) is 3.32. The lowest BCUT2D eigenvalue weighted by Crippen LogP contribution is -2.43. The number of halogens is 3. The summed E-state index contributed by atoms with van der Waals surface area (Å²) in [6.45, 7) is 0. The first-order valence-corrected chi connectivity index (χ1v) is 6.56. The van der Waals surface area contributed by atoms with E-state index in [4.69, 9.17) is 0 Å². The molecule has 1 aliphatic heterocycles.